The average Bonchev–Trinajstić information content (AvgIpc) is 3.81. The Bertz CT molecular complexity index is 1460. The third-order valence-electron chi connectivity index (χ3n) is 6.19. The molecular weight excluding hydrogens is 488 g/mol. The number of benzene rings is 1. The van der Waals surface area contributed by atoms with Crippen LogP contribution in [0.15, 0.2) is 41.1 Å². The Balaban J connectivity index is 1.28. The van der Waals surface area contributed by atoms with Gasteiger partial charge in [0.25, 0.3) is 11.8 Å². The van der Waals surface area contributed by atoms with Gasteiger partial charge in [0.1, 0.15) is 28.5 Å². The van der Waals surface area contributed by atoms with Crippen LogP contribution in [0.3, 0.4) is 0 Å². The van der Waals surface area contributed by atoms with E-state index >= 15 is 0 Å². The molecule has 192 valence electrons. The molecule has 37 heavy (non-hydrogen) atoms. The van der Waals surface area contributed by atoms with E-state index in [1.54, 1.807) is 35.0 Å². The minimum atomic E-state index is -3.12. The van der Waals surface area contributed by atoms with E-state index in [-0.39, 0.29) is 29.7 Å². The molecule has 2 aliphatic carbocycles. The van der Waals surface area contributed by atoms with Gasteiger partial charge in [0.2, 0.25) is 5.89 Å². The smallest absolute Gasteiger partial charge is 0.387 e. The highest BCUT2D eigenvalue weighted by molar-refractivity contribution is 6.01. The van der Waals surface area contributed by atoms with Gasteiger partial charge in [-0.25, -0.2) is 4.98 Å². The third kappa shape index (κ3) is 4.91. The fourth-order valence-corrected chi connectivity index (χ4v) is 4.03. The molecule has 0 aliphatic heterocycles. The average molecular weight is 511 g/mol. The zero-order chi connectivity index (χ0) is 25.5. The van der Waals surface area contributed by atoms with E-state index in [9.17, 15) is 13.6 Å². The summed E-state index contributed by atoms with van der Waals surface area (Å²) in [4.78, 5) is 17.2. The van der Waals surface area contributed by atoms with Crippen LogP contribution in [-0.2, 0) is 6.61 Å². The molecule has 3 aromatic heterocycles. The maximum Gasteiger partial charge on any atom is 0.387 e. The summed E-state index contributed by atoms with van der Waals surface area (Å²) >= 11 is 0. The van der Waals surface area contributed by atoms with E-state index < -0.39 is 12.5 Å². The van der Waals surface area contributed by atoms with Crippen LogP contribution in [-0.4, -0.2) is 45.3 Å². The summed E-state index contributed by atoms with van der Waals surface area (Å²) in [5.41, 5.74) is 1.55. The van der Waals surface area contributed by atoms with Crippen molar-refractivity contribution in [1.82, 2.24) is 24.9 Å². The van der Waals surface area contributed by atoms with Crippen LogP contribution in [0.1, 0.15) is 53.7 Å². The van der Waals surface area contributed by atoms with Crippen molar-refractivity contribution >= 4 is 11.6 Å². The van der Waals surface area contributed by atoms with Crippen LogP contribution in [0.2, 0.25) is 0 Å². The minimum Gasteiger partial charge on any atom is -0.496 e. The van der Waals surface area contributed by atoms with Crippen molar-refractivity contribution in [2.45, 2.75) is 50.9 Å². The molecule has 12 heteroatoms. The second-order valence-electron chi connectivity index (χ2n) is 9.01. The van der Waals surface area contributed by atoms with Crippen molar-refractivity contribution in [3.63, 3.8) is 0 Å². The standard InChI is InChI=1S/C25H23F2N5O5/c1-34-18-8-14(9-19(36-25(26)27)22(18)23(33)29-15-4-5-15)17-11-28-20-10-16(6-7-32(17)20)35-12-21-30-31-24(37-21)13-2-3-13/h6-11,13,15,25H,2-5,12H2,1H3,(H,29,33). The summed E-state index contributed by atoms with van der Waals surface area (Å²) in [6, 6.07) is 6.49. The SMILES string of the molecule is COc1cc(-c2cnc3cc(OCc4nnc(C5CC5)o4)ccn23)cc(OC(F)F)c1C(=O)NC1CC1. The second kappa shape index (κ2) is 9.34. The summed E-state index contributed by atoms with van der Waals surface area (Å²) in [5.74, 6) is 1.28. The molecule has 2 fully saturated rings. The van der Waals surface area contributed by atoms with E-state index in [1.807, 2.05) is 0 Å². The van der Waals surface area contributed by atoms with Gasteiger partial charge in [0, 0.05) is 29.8 Å². The lowest BCUT2D eigenvalue weighted by molar-refractivity contribution is -0.0502. The maximum atomic E-state index is 13.2. The molecular formula is C25H23F2N5O5. The number of carbonyl (C=O) groups excluding carboxylic acids is 1. The molecule has 10 nitrogen and oxygen atoms in total. The van der Waals surface area contributed by atoms with Crippen molar-refractivity contribution in [1.29, 1.82) is 0 Å². The van der Waals surface area contributed by atoms with Gasteiger partial charge in [-0.3, -0.25) is 9.20 Å². The molecule has 0 unspecified atom stereocenters. The second-order valence-corrected chi connectivity index (χ2v) is 9.01. The first-order valence-corrected chi connectivity index (χ1v) is 11.9. The summed E-state index contributed by atoms with van der Waals surface area (Å²) in [7, 11) is 1.37. The lowest BCUT2D eigenvalue weighted by Crippen LogP contribution is -2.26. The number of carbonyl (C=O) groups is 1. The zero-order valence-electron chi connectivity index (χ0n) is 19.8. The number of imidazole rings is 1. The summed E-state index contributed by atoms with van der Waals surface area (Å²) in [6.07, 6.45) is 7.16. The summed E-state index contributed by atoms with van der Waals surface area (Å²) < 4.78 is 49.8. The van der Waals surface area contributed by atoms with E-state index in [4.69, 9.17) is 18.6 Å². The number of alkyl halides is 2. The predicted molar refractivity (Wildman–Crippen MR) is 125 cm³/mol. The van der Waals surface area contributed by atoms with Crippen molar-refractivity contribution in [2.75, 3.05) is 7.11 Å². The fraction of sp³-hybridized carbons (Fsp3) is 0.360. The Morgan fingerprint density at radius 3 is 2.73 bits per heavy atom. The van der Waals surface area contributed by atoms with Crippen molar-refractivity contribution in [3.05, 3.63) is 54.0 Å². The first-order chi connectivity index (χ1) is 18.0. The molecule has 0 radical (unpaired) electrons. The van der Waals surface area contributed by atoms with Gasteiger partial charge in [-0.05, 0) is 43.9 Å². The van der Waals surface area contributed by atoms with Crippen LogP contribution in [0.25, 0.3) is 16.9 Å². The van der Waals surface area contributed by atoms with Gasteiger partial charge in [-0.2, -0.15) is 8.78 Å². The van der Waals surface area contributed by atoms with Crippen LogP contribution in [0.5, 0.6) is 17.2 Å². The first-order valence-electron chi connectivity index (χ1n) is 11.9. The topological polar surface area (TPSA) is 113 Å². The summed E-state index contributed by atoms with van der Waals surface area (Å²) in [5, 5.41) is 10.9. The predicted octanol–water partition coefficient (Wildman–Crippen LogP) is 4.34. The molecule has 0 saturated heterocycles. The molecule has 6 rings (SSSR count). The zero-order valence-corrected chi connectivity index (χ0v) is 19.8. The number of amides is 1. The molecule has 1 amide bonds. The molecule has 0 bridgehead atoms. The number of hydrogen-bond donors (Lipinski definition) is 1. The van der Waals surface area contributed by atoms with Gasteiger partial charge in [-0.1, -0.05) is 0 Å². The highest BCUT2D eigenvalue weighted by Gasteiger charge is 2.30. The van der Waals surface area contributed by atoms with Crippen molar-refractivity contribution in [3.8, 4) is 28.5 Å². The molecule has 2 aliphatic rings. The van der Waals surface area contributed by atoms with E-state index in [0.717, 1.165) is 25.7 Å². The normalized spacial score (nSPS) is 15.2. The Morgan fingerprint density at radius 1 is 1.19 bits per heavy atom. The van der Waals surface area contributed by atoms with Gasteiger partial charge >= 0.3 is 6.61 Å². The molecule has 2 saturated carbocycles. The highest BCUT2D eigenvalue weighted by Crippen LogP contribution is 2.39. The van der Waals surface area contributed by atoms with E-state index in [2.05, 4.69) is 20.5 Å². The lowest BCUT2D eigenvalue weighted by Gasteiger charge is -2.16. The molecule has 1 N–H and O–H groups in total. The van der Waals surface area contributed by atoms with Crippen LogP contribution in [0, 0.1) is 0 Å². The molecule has 0 spiro atoms. The number of halogens is 2. The number of fused-ring (bicyclic) bond motifs is 1. The number of hydrogen-bond acceptors (Lipinski definition) is 8. The number of nitrogens with zero attached hydrogens (tertiary/aromatic N) is 4. The molecule has 4 aromatic rings. The van der Waals surface area contributed by atoms with Crippen LogP contribution < -0.4 is 19.5 Å². The number of methoxy groups -OCH3 is 1. The number of rotatable bonds is 10. The van der Waals surface area contributed by atoms with Crippen LogP contribution >= 0.6 is 0 Å². The number of ether oxygens (including phenoxy) is 3. The molecule has 0 atom stereocenters. The Kier molecular flexibility index (Phi) is 5.85. The third-order valence-corrected chi connectivity index (χ3v) is 6.19. The number of pyridine rings is 1. The van der Waals surface area contributed by atoms with Gasteiger partial charge in [-0.15, -0.1) is 10.2 Å². The Labute approximate surface area is 209 Å². The first kappa shape index (κ1) is 23.2. The van der Waals surface area contributed by atoms with Gasteiger partial charge < -0.3 is 23.9 Å². The fourth-order valence-electron chi connectivity index (χ4n) is 4.03. The minimum absolute atomic E-state index is 0.0338. The quantitative estimate of drug-likeness (QED) is 0.335. The highest BCUT2D eigenvalue weighted by atomic mass is 19.3. The summed E-state index contributed by atoms with van der Waals surface area (Å²) in [6.45, 7) is -2.99. The number of nitrogens with one attached hydrogen (secondary N) is 1. The van der Waals surface area contributed by atoms with Gasteiger partial charge in [0.05, 0.1) is 19.0 Å². The Morgan fingerprint density at radius 2 is 2.00 bits per heavy atom. The van der Waals surface area contributed by atoms with Crippen molar-refractivity contribution < 1.29 is 32.2 Å². The van der Waals surface area contributed by atoms with Crippen LogP contribution in [0.4, 0.5) is 8.78 Å². The van der Waals surface area contributed by atoms with E-state index in [1.165, 1.54) is 13.2 Å². The maximum absolute atomic E-state index is 13.2. The van der Waals surface area contributed by atoms with Crippen molar-refractivity contribution in [2.24, 2.45) is 0 Å². The molecule has 1 aromatic carbocycles. The number of aromatic nitrogens is 4. The van der Waals surface area contributed by atoms with E-state index in [0.29, 0.717) is 40.4 Å². The molecule has 3 heterocycles. The van der Waals surface area contributed by atoms with Gasteiger partial charge in [0.15, 0.2) is 6.61 Å². The largest absolute Gasteiger partial charge is 0.496 e. The lowest BCUT2D eigenvalue weighted by atomic mass is 10.1. The monoisotopic (exact) mass is 511 g/mol. The Hall–Kier alpha value is -4.22.